The van der Waals surface area contributed by atoms with Crippen LogP contribution in [0.3, 0.4) is 0 Å². The van der Waals surface area contributed by atoms with Gasteiger partial charge < -0.3 is 5.21 Å². The Labute approximate surface area is 138 Å². The van der Waals surface area contributed by atoms with E-state index in [-0.39, 0.29) is 30.7 Å². The Hall–Kier alpha value is -2.57. The lowest BCUT2D eigenvalue weighted by Crippen LogP contribution is -2.42. The van der Waals surface area contributed by atoms with Crippen molar-refractivity contribution in [3.8, 4) is 0 Å². The topological polar surface area (TPSA) is 60.9 Å². The zero-order chi connectivity index (χ0) is 17.3. The number of carbonyl (C=O) groups is 2. The Balaban J connectivity index is 1.66. The Morgan fingerprint density at radius 3 is 2.12 bits per heavy atom. The number of fused-ring (bicyclic) bond motifs is 1. The van der Waals surface area contributed by atoms with E-state index in [1.54, 1.807) is 43.3 Å². The summed E-state index contributed by atoms with van der Waals surface area (Å²) >= 11 is 0. The second kappa shape index (κ2) is 6.51. The maximum atomic E-state index is 12.9. The molecule has 2 aromatic carbocycles. The fourth-order valence-electron chi connectivity index (χ4n) is 2.70. The molecule has 0 aliphatic carbocycles. The first-order chi connectivity index (χ1) is 11.5. The summed E-state index contributed by atoms with van der Waals surface area (Å²) in [6.45, 7) is 1.96. The number of hydrogen-bond acceptors (Lipinski definition) is 4. The Kier molecular flexibility index (Phi) is 4.42. The standard InChI is InChI=1S/C18H17FN2O3/c1-12(21(24)11-13-6-8-14(19)9-7-13)10-20-17(22)15-4-2-3-5-16(15)18(20)23/h2-9,12,24H,10-11H2,1H3. The molecule has 0 bridgehead atoms. The SMILES string of the molecule is CC(CN1C(=O)c2ccccc2C1=O)N(O)Cc1ccc(F)cc1. The first-order valence-corrected chi connectivity index (χ1v) is 7.62. The molecule has 0 saturated heterocycles. The molecule has 1 heterocycles. The predicted octanol–water partition coefficient (Wildman–Crippen LogP) is 2.70. The van der Waals surface area contributed by atoms with Gasteiger partial charge in [-0.3, -0.25) is 14.5 Å². The summed E-state index contributed by atoms with van der Waals surface area (Å²) in [6.07, 6.45) is 0. The molecule has 1 aliphatic heterocycles. The molecule has 0 spiro atoms. The monoisotopic (exact) mass is 328 g/mol. The molecule has 6 heteroatoms. The van der Waals surface area contributed by atoms with Gasteiger partial charge >= 0.3 is 0 Å². The first-order valence-electron chi connectivity index (χ1n) is 7.62. The average molecular weight is 328 g/mol. The van der Waals surface area contributed by atoms with Crippen molar-refractivity contribution in [2.45, 2.75) is 19.5 Å². The lowest BCUT2D eigenvalue weighted by molar-refractivity contribution is -0.132. The molecule has 1 aliphatic rings. The summed E-state index contributed by atoms with van der Waals surface area (Å²) in [5, 5.41) is 11.2. The lowest BCUT2D eigenvalue weighted by Gasteiger charge is -2.26. The number of hydroxylamine groups is 2. The van der Waals surface area contributed by atoms with E-state index in [0.29, 0.717) is 11.1 Å². The minimum Gasteiger partial charge on any atom is -0.313 e. The van der Waals surface area contributed by atoms with Crippen LogP contribution < -0.4 is 0 Å². The summed E-state index contributed by atoms with van der Waals surface area (Å²) in [5.74, 6) is -1.04. The van der Waals surface area contributed by atoms with Crippen LogP contribution in [0, 0.1) is 5.82 Å². The quantitative estimate of drug-likeness (QED) is 0.677. The van der Waals surface area contributed by atoms with Gasteiger partial charge in [-0.05, 0) is 36.8 Å². The Morgan fingerprint density at radius 1 is 1.04 bits per heavy atom. The zero-order valence-electron chi connectivity index (χ0n) is 13.1. The predicted molar refractivity (Wildman–Crippen MR) is 85.0 cm³/mol. The molecular weight excluding hydrogens is 311 g/mol. The number of hydrogen-bond donors (Lipinski definition) is 1. The number of halogens is 1. The average Bonchev–Trinajstić information content (AvgIpc) is 2.82. The minimum atomic E-state index is -0.461. The normalized spacial score (nSPS) is 15.1. The summed E-state index contributed by atoms with van der Waals surface area (Å²) in [4.78, 5) is 25.8. The van der Waals surface area contributed by atoms with Crippen LogP contribution in [0.4, 0.5) is 4.39 Å². The molecule has 1 unspecified atom stereocenters. The second-order valence-corrected chi connectivity index (χ2v) is 5.84. The van der Waals surface area contributed by atoms with Gasteiger partial charge in [0.25, 0.3) is 11.8 Å². The fraction of sp³-hybridized carbons (Fsp3) is 0.222. The minimum absolute atomic E-state index is 0.0735. The van der Waals surface area contributed by atoms with Crippen LogP contribution in [0.5, 0.6) is 0 Å². The van der Waals surface area contributed by atoms with Gasteiger partial charge in [0.1, 0.15) is 5.82 Å². The van der Waals surface area contributed by atoms with Crippen LogP contribution >= 0.6 is 0 Å². The van der Waals surface area contributed by atoms with Crippen molar-refractivity contribution >= 4 is 11.8 Å². The van der Waals surface area contributed by atoms with Gasteiger partial charge in [-0.15, -0.1) is 0 Å². The third kappa shape index (κ3) is 3.06. The van der Waals surface area contributed by atoms with Gasteiger partial charge in [-0.25, -0.2) is 4.39 Å². The van der Waals surface area contributed by atoms with Crippen molar-refractivity contribution in [1.82, 2.24) is 9.96 Å². The third-order valence-electron chi connectivity index (χ3n) is 4.09. The molecule has 0 radical (unpaired) electrons. The molecule has 2 amide bonds. The van der Waals surface area contributed by atoms with Crippen LogP contribution in [-0.2, 0) is 6.54 Å². The number of amides is 2. The van der Waals surface area contributed by atoms with Crippen LogP contribution in [0.25, 0.3) is 0 Å². The van der Waals surface area contributed by atoms with Gasteiger partial charge in [0.2, 0.25) is 0 Å². The molecule has 0 aromatic heterocycles. The largest absolute Gasteiger partial charge is 0.313 e. The van der Waals surface area contributed by atoms with Crippen molar-refractivity contribution in [3.63, 3.8) is 0 Å². The van der Waals surface area contributed by atoms with E-state index in [1.807, 2.05) is 0 Å². The summed E-state index contributed by atoms with van der Waals surface area (Å²) < 4.78 is 12.9. The molecule has 2 aromatic rings. The van der Waals surface area contributed by atoms with E-state index >= 15 is 0 Å². The van der Waals surface area contributed by atoms with Crippen LogP contribution in [0.1, 0.15) is 33.2 Å². The van der Waals surface area contributed by atoms with Gasteiger partial charge in [-0.2, -0.15) is 5.06 Å². The Bertz CT molecular complexity index is 741. The molecular formula is C18H17FN2O3. The van der Waals surface area contributed by atoms with Crippen molar-refractivity contribution in [1.29, 1.82) is 0 Å². The molecule has 5 nitrogen and oxygen atoms in total. The Morgan fingerprint density at radius 2 is 1.58 bits per heavy atom. The maximum absolute atomic E-state index is 12.9. The molecule has 3 rings (SSSR count). The molecule has 0 saturated carbocycles. The highest BCUT2D eigenvalue weighted by Crippen LogP contribution is 2.23. The van der Waals surface area contributed by atoms with Crippen molar-refractivity contribution in [2.24, 2.45) is 0 Å². The van der Waals surface area contributed by atoms with E-state index in [2.05, 4.69) is 0 Å². The number of imide groups is 1. The molecule has 24 heavy (non-hydrogen) atoms. The zero-order valence-corrected chi connectivity index (χ0v) is 13.1. The van der Waals surface area contributed by atoms with Gasteiger partial charge in [-0.1, -0.05) is 24.3 Å². The van der Waals surface area contributed by atoms with Gasteiger partial charge in [0.15, 0.2) is 0 Å². The highest BCUT2D eigenvalue weighted by Gasteiger charge is 2.36. The third-order valence-corrected chi connectivity index (χ3v) is 4.09. The van der Waals surface area contributed by atoms with Crippen LogP contribution in [0.15, 0.2) is 48.5 Å². The first kappa shape index (κ1) is 16.3. The van der Waals surface area contributed by atoms with Gasteiger partial charge in [0.05, 0.1) is 17.2 Å². The number of rotatable bonds is 5. The van der Waals surface area contributed by atoms with Crippen molar-refractivity contribution < 1.29 is 19.2 Å². The van der Waals surface area contributed by atoms with Gasteiger partial charge in [0, 0.05) is 13.1 Å². The molecule has 1 atom stereocenters. The smallest absolute Gasteiger partial charge is 0.261 e. The van der Waals surface area contributed by atoms with E-state index in [4.69, 9.17) is 0 Å². The molecule has 124 valence electrons. The van der Waals surface area contributed by atoms with Crippen LogP contribution in [0.2, 0.25) is 0 Å². The lowest BCUT2D eigenvalue weighted by atomic mass is 10.1. The van der Waals surface area contributed by atoms with E-state index < -0.39 is 6.04 Å². The number of nitrogens with zero attached hydrogens (tertiary/aromatic N) is 2. The van der Waals surface area contributed by atoms with Crippen molar-refractivity contribution in [2.75, 3.05) is 6.54 Å². The molecule has 0 fully saturated rings. The maximum Gasteiger partial charge on any atom is 0.261 e. The van der Waals surface area contributed by atoms with E-state index in [1.165, 1.54) is 12.1 Å². The summed E-state index contributed by atoms with van der Waals surface area (Å²) in [6, 6.07) is 12.0. The number of carbonyl (C=O) groups excluding carboxylic acids is 2. The highest BCUT2D eigenvalue weighted by atomic mass is 19.1. The van der Waals surface area contributed by atoms with Crippen molar-refractivity contribution in [3.05, 3.63) is 71.0 Å². The number of benzene rings is 2. The van der Waals surface area contributed by atoms with E-state index in [9.17, 15) is 19.2 Å². The highest BCUT2D eigenvalue weighted by molar-refractivity contribution is 6.21. The molecule has 1 N–H and O–H groups in total. The van der Waals surface area contributed by atoms with E-state index in [0.717, 1.165) is 15.5 Å². The fourth-order valence-corrected chi connectivity index (χ4v) is 2.70. The second-order valence-electron chi connectivity index (χ2n) is 5.84. The van der Waals surface area contributed by atoms with Crippen LogP contribution in [-0.4, -0.2) is 39.6 Å². The summed E-state index contributed by atoms with van der Waals surface area (Å²) in [5.41, 5.74) is 1.50. The summed E-state index contributed by atoms with van der Waals surface area (Å²) in [7, 11) is 0.